The van der Waals surface area contributed by atoms with Crippen molar-refractivity contribution in [2.45, 2.75) is 45.1 Å². The Morgan fingerprint density at radius 1 is 1.33 bits per heavy atom. The van der Waals surface area contributed by atoms with Gasteiger partial charge in [-0.1, -0.05) is 41.3 Å². The third kappa shape index (κ3) is 3.33. The molecule has 0 amide bonds. The first-order chi connectivity index (χ1) is 8.70. The van der Waals surface area contributed by atoms with Gasteiger partial charge in [0.1, 0.15) is 5.84 Å². The summed E-state index contributed by atoms with van der Waals surface area (Å²) in [6, 6.07) is 6.61. The Morgan fingerprint density at radius 2 is 2.06 bits per heavy atom. The molecule has 3 N–H and O–H groups in total. The molecule has 0 spiro atoms. The smallest absolute Gasteiger partial charge is 0.142 e. The second-order valence-corrected chi connectivity index (χ2v) is 5.73. The van der Waals surface area contributed by atoms with Gasteiger partial charge in [0.15, 0.2) is 0 Å². The summed E-state index contributed by atoms with van der Waals surface area (Å²) in [5, 5.41) is 0. The van der Waals surface area contributed by atoms with E-state index in [-0.39, 0.29) is 0 Å². The van der Waals surface area contributed by atoms with Crippen molar-refractivity contribution >= 4 is 21.8 Å². The van der Waals surface area contributed by atoms with Crippen LogP contribution in [0, 0.1) is 6.92 Å². The van der Waals surface area contributed by atoms with Gasteiger partial charge in [0.25, 0.3) is 0 Å². The predicted molar refractivity (Wildman–Crippen MR) is 79.6 cm³/mol. The van der Waals surface area contributed by atoms with Crippen molar-refractivity contribution in [2.24, 2.45) is 10.8 Å². The highest BCUT2D eigenvalue weighted by molar-refractivity contribution is 9.10. The molecule has 1 aromatic rings. The normalized spacial score (nSPS) is 17.8. The summed E-state index contributed by atoms with van der Waals surface area (Å²) in [6.45, 7) is 2.07. The molecule has 1 saturated carbocycles. The fourth-order valence-corrected chi connectivity index (χ4v) is 2.63. The number of nitrogens with zero attached hydrogens (tertiary/aromatic N) is 1. The van der Waals surface area contributed by atoms with E-state index in [2.05, 4.69) is 34.3 Å². The van der Waals surface area contributed by atoms with Crippen molar-refractivity contribution in [3.8, 4) is 0 Å². The van der Waals surface area contributed by atoms with Gasteiger partial charge in [0, 0.05) is 10.0 Å². The molecular formula is C14H20BrN3. The predicted octanol–water partition coefficient (Wildman–Crippen LogP) is 3.30. The third-order valence-electron chi connectivity index (χ3n) is 3.45. The summed E-state index contributed by atoms with van der Waals surface area (Å²) >= 11 is 3.51. The van der Waals surface area contributed by atoms with Crippen LogP contribution in [0.25, 0.3) is 0 Å². The van der Waals surface area contributed by atoms with Gasteiger partial charge < -0.3 is 5.43 Å². The molecule has 1 aliphatic rings. The summed E-state index contributed by atoms with van der Waals surface area (Å²) in [7, 11) is 0. The lowest BCUT2D eigenvalue weighted by atomic mass is 9.96. The standard InChI is InChI=1S/C14H20BrN3/c1-10-9-11(7-8-13(10)15)14(18-16)17-12-5-3-2-4-6-12/h7-9,12H,2-6,16H2,1H3,(H,17,18). The number of rotatable bonds is 2. The zero-order chi connectivity index (χ0) is 13.0. The first-order valence-electron chi connectivity index (χ1n) is 6.51. The molecule has 3 nitrogen and oxygen atoms in total. The van der Waals surface area contributed by atoms with Gasteiger partial charge in [-0.05, 0) is 37.5 Å². The summed E-state index contributed by atoms with van der Waals surface area (Å²) in [4.78, 5) is 4.76. The number of hydrogen-bond donors (Lipinski definition) is 2. The molecule has 0 heterocycles. The number of hydrazine groups is 1. The van der Waals surface area contributed by atoms with Gasteiger partial charge in [0.05, 0.1) is 6.04 Å². The van der Waals surface area contributed by atoms with E-state index < -0.39 is 0 Å². The fraction of sp³-hybridized carbons (Fsp3) is 0.500. The molecule has 2 rings (SSSR count). The van der Waals surface area contributed by atoms with Gasteiger partial charge in [-0.15, -0.1) is 0 Å². The maximum Gasteiger partial charge on any atom is 0.142 e. The van der Waals surface area contributed by atoms with Gasteiger partial charge in [-0.3, -0.25) is 4.99 Å². The van der Waals surface area contributed by atoms with Crippen LogP contribution in [-0.4, -0.2) is 11.9 Å². The van der Waals surface area contributed by atoms with Crippen molar-refractivity contribution in [3.05, 3.63) is 33.8 Å². The summed E-state index contributed by atoms with van der Waals surface area (Å²) in [5.41, 5.74) is 5.00. The van der Waals surface area contributed by atoms with Crippen LogP contribution >= 0.6 is 15.9 Å². The Morgan fingerprint density at radius 3 is 2.67 bits per heavy atom. The van der Waals surface area contributed by atoms with Gasteiger partial charge in [-0.25, -0.2) is 5.84 Å². The SMILES string of the molecule is Cc1cc(C(=NC2CCCCC2)NN)ccc1Br. The highest BCUT2D eigenvalue weighted by Crippen LogP contribution is 2.22. The minimum absolute atomic E-state index is 0.425. The summed E-state index contributed by atoms with van der Waals surface area (Å²) < 4.78 is 1.11. The number of nitrogens with one attached hydrogen (secondary N) is 1. The van der Waals surface area contributed by atoms with Crippen LogP contribution in [0.15, 0.2) is 27.7 Å². The molecule has 0 aliphatic heterocycles. The Kier molecular flexibility index (Phi) is 4.78. The number of aryl methyl sites for hydroxylation is 1. The molecule has 18 heavy (non-hydrogen) atoms. The van der Waals surface area contributed by atoms with Crippen molar-refractivity contribution < 1.29 is 0 Å². The van der Waals surface area contributed by atoms with Crippen LogP contribution in [0.5, 0.6) is 0 Å². The molecule has 1 fully saturated rings. The first-order valence-corrected chi connectivity index (χ1v) is 7.31. The van der Waals surface area contributed by atoms with E-state index in [0.29, 0.717) is 6.04 Å². The maximum atomic E-state index is 5.62. The second kappa shape index (κ2) is 6.34. The number of nitrogens with two attached hydrogens (primary N) is 1. The molecule has 0 aromatic heterocycles. The number of amidine groups is 1. The van der Waals surface area contributed by atoms with E-state index in [9.17, 15) is 0 Å². The Hall–Kier alpha value is -0.870. The minimum Gasteiger partial charge on any atom is -0.308 e. The molecule has 1 aliphatic carbocycles. The Bertz CT molecular complexity index is 437. The first kappa shape index (κ1) is 13.6. The van der Waals surface area contributed by atoms with Crippen molar-refractivity contribution in [1.82, 2.24) is 5.43 Å². The lowest BCUT2D eigenvalue weighted by molar-refractivity contribution is 0.442. The molecule has 98 valence electrons. The van der Waals surface area contributed by atoms with E-state index in [1.54, 1.807) is 0 Å². The van der Waals surface area contributed by atoms with E-state index in [1.165, 1.54) is 37.7 Å². The zero-order valence-electron chi connectivity index (χ0n) is 10.7. The van der Waals surface area contributed by atoms with Crippen LogP contribution < -0.4 is 11.3 Å². The Labute approximate surface area is 117 Å². The molecule has 0 saturated heterocycles. The highest BCUT2D eigenvalue weighted by Gasteiger charge is 2.13. The van der Waals surface area contributed by atoms with E-state index in [1.807, 2.05) is 12.1 Å². The summed E-state index contributed by atoms with van der Waals surface area (Å²) in [5.74, 6) is 6.42. The average Bonchev–Trinajstić information content (AvgIpc) is 2.40. The summed E-state index contributed by atoms with van der Waals surface area (Å²) in [6.07, 6.45) is 6.27. The van der Waals surface area contributed by atoms with Crippen molar-refractivity contribution in [2.75, 3.05) is 0 Å². The average molecular weight is 310 g/mol. The monoisotopic (exact) mass is 309 g/mol. The van der Waals surface area contributed by atoms with Crippen molar-refractivity contribution in [1.29, 1.82) is 0 Å². The molecular weight excluding hydrogens is 290 g/mol. The molecule has 4 heteroatoms. The van der Waals surface area contributed by atoms with E-state index in [0.717, 1.165) is 15.9 Å². The fourth-order valence-electron chi connectivity index (χ4n) is 2.38. The maximum absolute atomic E-state index is 5.62. The lowest BCUT2D eigenvalue weighted by Crippen LogP contribution is -2.32. The number of aliphatic imine (C=N–C) groups is 1. The van der Waals surface area contributed by atoms with Crippen LogP contribution in [0.1, 0.15) is 43.2 Å². The largest absolute Gasteiger partial charge is 0.308 e. The zero-order valence-corrected chi connectivity index (χ0v) is 12.3. The third-order valence-corrected chi connectivity index (χ3v) is 4.34. The van der Waals surface area contributed by atoms with Crippen LogP contribution in [0.4, 0.5) is 0 Å². The van der Waals surface area contributed by atoms with Gasteiger partial charge in [-0.2, -0.15) is 0 Å². The molecule has 1 aromatic carbocycles. The highest BCUT2D eigenvalue weighted by atomic mass is 79.9. The van der Waals surface area contributed by atoms with Crippen LogP contribution in [-0.2, 0) is 0 Å². The minimum atomic E-state index is 0.425. The van der Waals surface area contributed by atoms with Gasteiger partial charge in [0.2, 0.25) is 0 Å². The second-order valence-electron chi connectivity index (χ2n) is 4.88. The lowest BCUT2D eigenvalue weighted by Gasteiger charge is -2.19. The topological polar surface area (TPSA) is 50.4 Å². The molecule has 0 atom stereocenters. The molecule has 0 radical (unpaired) electrons. The van der Waals surface area contributed by atoms with Crippen LogP contribution in [0.3, 0.4) is 0 Å². The number of hydrogen-bond acceptors (Lipinski definition) is 2. The number of benzene rings is 1. The van der Waals surface area contributed by atoms with Crippen molar-refractivity contribution in [3.63, 3.8) is 0 Å². The Balaban J connectivity index is 2.20. The molecule has 0 unspecified atom stereocenters. The van der Waals surface area contributed by atoms with Crippen LogP contribution in [0.2, 0.25) is 0 Å². The van der Waals surface area contributed by atoms with Gasteiger partial charge >= 0.3 is 0 Å². The van der Waals surface area contributed by atoms with E-state index >= 15 is 0 Å². The quantitative estimate of drug-likeness (QED) is 0.381. The van der Waals surface area contributed by atoms with E-state index in [4.69, 9.17) is 10.8 Å². The molecule has 0 bridgehead atoms. The number of halogens is 1.